The van der Waals surface area contributed by atoms with Gasteiger partial charge in [0, 0.05) is 29.5 Å². The Labute approximate surface area is 267 Å². The highest BCUT2D eigenvalue weighted by Gasteiger charge is 2.34. The molecule has 5 aromatic rings. The van der Waals surface area contributed by atoms with Gasteiger partial charge in [-0.1, -0.05) is 53.8 Å². The first-order valence-corrected chi connectivity index (χ1v) is 15.2. The second-order valence-corrected chi connectivity index (χ2v) is 11.8. The van der Waals surface area contributed by atoms with Crippen LogP contribution in [0.4, 0.5) is 5.69 Å². The zero-order valence-corrected chi connectivity index (χ0v) is 26.2. The number of carbonyl (C=O) groups excluding carboxylic acids is 1. The molecule has 0 amide bonds. The molecule has 1 atom stereocenters. The van der Waals surface area contributed by atoms with Crippen LogP contribution in [-0.2, 0) is 9.53 Å². The van der Waals surface area contributed by atoms with E-state index >= 15 is 0 Å². The van der Waals surface area contributed by atoms with Gasteiger partial charge in [0.15, 0.2) is 4.80 Å². The molecule has 1 aliphatic rings. The van der Waals surface area contributed by atoms with Crippen LogP contribution in [0.3, 0.4) is 0 Å². The lowest BCUT2D eigenvalue weighted by Gasteiger charge is -2.25. The van der Waals surface area contributed by atoms with Crippen molar-refractivity contribution in [2.24, 2.45) is 4.99 Å². The number of aromatic nitrogens is 3. The Morgan fingerprint density at radius 2 is 1.80 bits per heavy atom. The van der Waals surface area contributed by atoms with Crippen LogP contribution in [-0.4, -0.2) is 38.5 Å². The summed E-state index contributed by atoms with van der Waals surface area (Å²) in [7, 11) is 1.56. The molecule has 11 nitrogen and oxygen atoms in total. The van der Waals surface area contributed by atoms with Crippen molar-refractivity contribution < 1.29 is 19.2 Å². The molecule has 0 radical (unpaired) electrons. The minimum absolute atomic E-state index is 0.0761. The Bertz CT molecular complexity index is 2180. The van der Waals surface area contributed by atoms with Gasteiger partial charge in [-0.15, -0.1) is 0 Å². The molecule has 6 rings (SSSR count). The third-order valence-corrected chi connectivity index (χ3v) is 8.38. The highest BCUT2D eigenvalue weighted by Crippen LogP contribution is 2.32. The summed E-state index contributed by atoms with van der Waals surface area (Å²) in [4.78, 5) is 43.9. The summed E-state index contributed by atoms with van der Waals surface area (Å²) in [6.45, 7) is 5.26. The lowest BCUT2D eigenvalue weighted by atomic mass is 9.96. The zero-order chi connectivity index (χ0) is 32.5. The van der Waals surface area contributed by atoms with Crippen molar-refractivity contribution in [2.45, 2.75) is 32.9 Å². The molecule has 0 N–H and O–H groups in total. The van der Waals surface area contributed by atoms with Gasteiger partial charge in [-0.2, -0.15) is 5.10 Å². The summed E-state index contributed by atoms with van der Waals surface area (Å²) in [5, 5.41) is 16.3. The van der Waals surface area contributed by atoms with Crippen LogP contribution in [0.25, 0.3) is 23.0 Å². The summed E-state index contributed by atoms with van der Waals surface area (Å²) in [5.74, 6) is 0.0794. The molecular weight excluding hydrogens is 606 g/mol. The lowest BCUT2D eigenvalue weighted by Crippen LogP contribution is -2.40. The molecule has 0 saturated carbocycles. The lowest BCUT2D eigenvalue weighted by molar-refractivity contribution is -0.384. The second-order valence-electron chi connectivity index (χ2n) is 10.8. The van der Waals surface area contributed by atoms with Crippen molar-refractivity contribution in [1.29, 1.82) is 0 Å². The predicted octanol–water partition coefficient (Wildman–Crippen LogP) is 4.96. The second kappa shape index (κ2) is 12.4. The minimum atomic E-state index is -0.793. The van der Waals surface area contributed by atoms with Crippen LogP contribution in [0.15, 0.2) is 106 Å². The number of non-ortho nitro benzene ring substituents is 1. The number of ether oxygens (including phenoxy) is 2. The van der Waals surface area contributed by atoms with Gasteiger partial charge in [-0.05, 0) is 56.7 Å². The number of hydrogen-bond donors (Lipinski definition) is 0. The summed E-state index contributed by atoms with van der Waals surface area (Å²) >= 11 is 1.18. The molecule has 3 aromatic carbocycles. The number of esters is 1. The molecule has 0 bridgehead atoms. The molecule has 12 heteroatoms. The third-order valence-electron chi connectivity index (χ3n) is 7.40. The van der Waals surface area contributed by atoms with Gasteiger partial charge < -0.3 is 9.47 Å². The number of rotatable bonds is 8. The average Bonchev–Trinajstić information content (AvgIpc) is 3.61. The Balaban J connectivity index is 1.56. The normalized spacial score (nSPS) is 14.6. The Morgan fingerprint density at radius 1 is 1.07 bits per heavy atom. The summed E-state index contributed by atoms with van der Waals surface area (Å²) < 4.78 is 14.4. The molecule has 2 aromatic heterocycles. The van der Waals surface area contributed by atoms with Crippen LogP contribution in [0.1, 0.15) is 37.9 Å². The maximum Gasteiger partial charge on any atom is 0.338 e. The average molecular weight is 636 g/mol. The number of hydrogen-bond acceptors (Lipinski definition) is 9. The van der Waals surface area contributed by atoms with E-state index < -0.39 is 16.9 Å². The van der Waals surface area contributed by atoms with Crippen molar-refractivity contribution in [3.05, 3.63) is 137 Å². The van der Waals surface area contributed by atoms with E-state index in [-0.39, 0.29) is 22.9 Å². The number of methoxy groups -OCH3 is 1. The maximum atomic E-state index is 14.3. The maximum absolute atomic E-state index is 14.3. The summed E-state index contributed by atoms with van der Waals surface area (Å²) in [6, 6.07) is 22.0. The topological polar surface area (TPSA) is 131 Å². The number of fused-ring (bicyclic) bond motifs is 1. The van der Waals surface area contributed by atoms with E-state index in [2.05, 4.69) is 4.99 Å². The van der Waals surface area contributed by atoms with Gasteiger partial charge in [-0.3, -0.25) is 19.5 Å². The molecule has 1 aliphatic heterocycles. The van der Waals surface area contributed by atoms with E-state index in [1.165, 1.54) is 28.0 Å². The van der Waals surface area contributed by atoms with E-state index in [9.17, 15) is 19.7 Å². The minimum Gasteiger partial charge on any atom is -0.497 e. The number of para-hydroxylation sites is 1. The third kappa shape index (κ3) is 5.77. The number of nitro groups is 1. The first kappa shape index (κ1) is 30.4. The van der Waals surface area contributed by atoms with Crippen LogP contribution in [0.5, 0.6) is 5.75 Å². The van der Waals surface area contributed by atoms with Gasteiger partial charge in [0.2, 0.25) is 0 Å². The molecule has 3 heterocycles. The Morgan fingerprint density at radius 3 is 2.48 bits per heavy atom. The number of allylic oxidation sites excluding steroid dienone is 1. The summed E-state index contributed by atoms with van der Waals surface area (Å²) in [5.41, 5.74) is 3.31. The highest BCUT2D eigenvalue weighted by molar-refractivity contribution is 7.07. The zero-order valence-electron chi connectivity index (χ0n) is 25.4. The SMILES string of the molecule is COc1ccc([C@@H]2C(C(=O)OC(C)C)=C(C)N=c3s/c(=C\c4cn(-c5ccccc5)nc4-c4cccc([N+](=O)[O-])c4)c(=O)n32)cc1. The fourth-order valence-corrected chi connectivity index (χ4v) is 6.34. The van der Waals surface area contributed by atoms with Gasteiger partial charge in [0.25, 0.3) is 11.2 Å². The first-order chi connectivity index (χ1) is 22.1. The number of nitro benzene ring substituents is 1. The fourth-order valence-electron chi connectivity index (χ4n) is 5.30. The monoisotopic (exact) mass is 635 g/mol. The summed E-state index contributed by atoms with van der Waals surface area (Å²) in [6.07, 6.45) is 3.11. The van der Waals surface area contributed by atoms with E-state index in [0.29, 0.717) is 43.2 Å². The largest absolute Gasteiger partial charge is 0.497 e. The van der Waals surface area contributed by atoms with Gasteiger partial charge in [0.1, 0.15) is 11.4 Å². The Kier molecular flexibility index (Phi) is 8.20. The van der Waals surface area contributed by atoms with Gasteiger partial charge in [-0.25, -0.2) is 14.5 Å². The molecular formula is C34H29N5O6S. The van der Waals surface area contributed by atoms with Crippen molar-refractivity contribution in [3.63, 3.8) is 0 Å². The van der Waals surface area contributed by atoms with Gasteiger partial charge in [0.05, 0.1) is 45.7 Å². The van der Waals surface area contributed by atoms with Crippen LogP contribution in [0, 0.1) is 10.1 Å². The van der Waals surface area contributed by atoms with Crippen LogP contribution in [0.2, 0.25) is 0 Å². The molecule has 0 unspecified atom stereocenters. The van der Waals surface area contributed by atoms with E-state index in [0.717, 1.165) is 5.69 Å². The quantitative estimate of drug-likeness (QED) is 0.134. The van der Waals surface area contributed by atoms with E-state index in [4.69, 9.17) is 14.6 Å². The predicted molar refractivity (Wildman–Crippen MR) is 174 cm³/mol. The van der Waals surface area contributed by atoms with Crippen molar-refractivity contribution >= 4 is 29.1 Å². The fraction of sp³-hybridized carbons (Fsp3) is 0.176. The van der Waals surface area contributed by atoms with E-state index in [1.54, 1.807) is 69.1 Å². The molecule has 0 saturated heterocycles. The molecule has 0 aliphatic carbocycles. The highest BCUT2D eigenvalue weighted by atomic mass is 32.1. The molecule has 0 spiro atoms. The first-order valence-electron chi connectivity index (χ1n) is 14.4. The standard InChI is InChI=1S/C34H29N5O6S/c1-20(2)45-33(41)29-21(3)35-34-38(31(29)22-13-15-27(44-4)16-14-22)32(40)28(46-34)18-24-19-37(25-10-6-5-7-11-25)36-30(24)23-9-8-12-26(17-23)39(42)43/h5-20,31H,1-4H3/b28-18-/t31-/m1/s1. The molecule has 46 heavy (non-hydrogen) atoms. The molecule has 0 fully saturated rings. The number of carbonyl (C=O) groups is 1. The molecule has 232 valence electrons. The van der Waals surface area contributed by atoms with Gasteiger partial charge >= 0.3 is 5.97 Å². The smallest absolute Gasteiger partial charge is 0.338 e. The number of nitrogens with zero attached hydrogens (tertiary/aromatic N) is 5. The van der Waals surface area contributed by atoms with Crippen molar-refractivity contribution in [2.75, 3.05) is 7.11 Å². The van der Waals surface area contributed by atoms with Crippen molar-refractivity contribution in [1.82, 2.24) is 14.3 Å². The Hall–Kier alpha value is -5.62. The number of benzene rings is 3. The van der Waals surface area contributed by atoms with Crippen LogP contribution >= 0.6 is 11.3 Å². The van der Waals surface area contributed by atoms with Crippen LogP contribution < -0.4 is 19.6 Å². The van der Waals surface area contributed by atoms with E-state index in [1.807, 2.05) is 42.5 Å². The number of thiazole rings is 1. The van der Waals surface area contributed by atoms with Crippen molar-refractivity contribution in [3.8, 4) is 22.7 Å².